The van der Waals surface area contributed by atoms with E-state index in [2.05, 4.69) is 264 Å². The third-order valence-electron chi connectivity index (χ3n) is 17.3. The molecule has 1 atom stereocenters. The lowest BCUT2D eigenvalue weighted by atomic mass is 9.37. The van der Waals surface area contributed by atoms with Gasteiger partial charge >= 0.3 is 0 Å². The summed E-state index contributed by atoms with van der Waals surface area (Å²) >= 11 is 4.10. The molecule has 4 heterocycles. The van der Waals surface area contributed by atoms with Crippen LogP contribution in [0.1, 0.15) is 120 Å². The normalized spacial score (nSPS) is 16.9. The van der Waals surface area contributed by atoms with E-state index in [1.165, 1.54) is 134 Å². The van der Waals surface area contributed by atoms with E-state index in [1.54, 1.807) is 0 Å². The second-order valence-corrected chi connectivity index (χ2v) is 27.3. The van der Waals surface area contributed by atoms with Crippen molar-refractivity contribution in [2.75, 3.05) is 27.8 Å². The molecule has 1 fully saturated rings. The molecule has 3 nitrogen and oxygen atoms in total. The first-order valence-electron chi connectivity index (χ1n) is 27.7. The van der Waals surface area contributed by atoms with Crippen LogP contribution in [-0.2, 0) is 21.7 Å². The largest absolute Gasteiger partial charge is 0.371 e. The van der Waals surface area contributed by atoms with Gasteiger partial charge in [-0.05, 0) is 146 Å². The number of para-hydroxylation sites is 2. The van der Waals surface area contributed by atoms with E-state index in [1.807, 2.05) is 11.8 Å². The highest BCUT2D eigenvalue weighted by Crippen LogP contribution is 2.68. The minimum atomic E-state index is -0.572. The highest BCUT2D eigenvalue weighted by Gasteiger charge is 2.57. The van der Waals surface area contributed by atoms with Gasteiger partial charge in [-0.2, -0.15) is 0 Å². The summed E-state index contributed by atoms with van der Waals surface area (Å²) in [6, 6.07) is 68.2. The quantitative estimate of drug-likeness (QED) is 0.159. The SMILES string of the molecule is CC(C)(C)c1cc(N2c3cc(N4CCCCC4)cc4c3B(c3cc(C(C)(C)C)ccc3S4)c3sc4c(c32)-c2ccccc2C42c3ccccc3-c3c(N(c4ccccc4)c4ccccc4)cccc32)cc(C(C)(C)C)c1. The minimum absolute atomic E-state index is 0.0101. The maximum atomic E-state index is 2.79. The first-order chi connectivity index (χ1) is 36.6. The van der Waals surface area contributed by atoms with Crippen LogP contribution in [0.4, 0.5) is 39.8 Å². The molecule has 0 radical (unpaired) electrons. The maximum absolute atomic E-state index is 2.79. The number of benzene rings is 8. The third-order valence-corrected chi connectivity index (χ3v) is 19.8. The number of nitrogens with zero attached hydrogens (tertiary/aromatic N) is 3. The van der Waals surface area contributed by atoms with Crippen LogP contribution in [0.2, 0.25) is 0 Å². The molecule has 14 rings (SSSR count). The number of fused-ring (bicyclic) bond motifs is 15. The molecular formula is C70H66BN3S2. The molecule has 8 aromatic carbocycles. The monoisotopic (exact) mass is 1020 g/mol. The zero-order valence-electron chi connectivity index (χ0n) is 45.5. The molecule has 0 N–H and O–H groups in total. The topological polar surface area (TPSA) is 9.72 Å². The summed E-state index contributed by atoms with van der Waals surface area (Å²) in [4.78, 5) is 12.2. The number of hydrogen-bond acceptors (Lipinski definition) is 5. The Morgan fingerprint density at radius 2 is 1.08 bits per heavy atom. The predicted molar refractivity (Wildman–Crippen MR) is 327 cm³/mol. The second kappa shape index (κ2) is 17.1. The molecule has 9 aromatic rings. The van der Waals surface area contributed by atoms with Gasteiger partial charge in [-0.3, -0.25) is 0 Å². The molecular weight excluding hydrogens is 958 g/mol. The summed E-state index contributed by atoms with van der Waals surface area (Å²) in [7, 11) is 0. The van der Waals surface area contributed by atoms with Gasteiger partial charge in [0.2, 0.25) is 0 Å². The van der Waals surface area contributed by atoms with Crippen molar-refractivity contribution >= 4 is 85.3 Å². The number of hydrogen-bond donors (Lipinski definition) is 0. The molecule has 76 heavy (non-hydrogen) atoms. The van der Waals surface area contributed by atoms with E-state index in [4.69, 9.17) is 0 Å². The average Bonchev–Trinajstić information content (AvgIpc) is 4.26. The van der Waals surface area contributed by atoms with Crippen molar-refractivity contribution in [3.63, 3.8) is 0 Å². The molecule has 5 aliphatic rings. The summed E-state index contributed by atoms with van der Waals surface area (Å²) in [6.45, 7) is 23.7. The van der Waals surface area contributed by atoms with E-state index in [0.29, 0.717) is 0 Å². The van der Waals surface area contributed by atoms with Crippen molar-refractivity contribution in [1.29, 1.82) is 0 Å². The van der Waals surface area contributed by atoms with Gasteiger partial charge in [0, 0.05) is 72.1 Å². The highest BCUT2D eigenvalue weighted by molar-refractivity contribution is 8.00. The Kier molecular flexibility index (Phi) is 10.8. The number of rotatable bonds is 5. The summed E-state index contributed by atoms with van der Waals surface area (Å²) in [5.41, 5.74) is 24.5. The molecule has 376 valence electrons. The summed E-state index contributed by atoms with van der Waals surface area (Å²) in [6.07, 6.45) is 3.76. The molecule has 0 saturated carbocycles. The first-order valence-corrected chi connectivity index (χ1v) is 29.4. The molecule has 1 spiro atoms. The average molecular weight is 1020 g/mol. The Morgan fingerprint density at radius 3 is 1.70 bits per heavy atom. The molecule has 0 bridgehead atoms. The molecule has 1 saturated heterocycles. The molecule has 1 aromatic heterocycles. The molecule has 3 aliphatic heterocycles. The standard InChI is InChI=1S/C70H66BN3S2/c1-67(2,3)44-34-35-59-56(41-44)71-63-58(42-49(43-60(63)75-59)72-36-21-12-22-37-72)74(50-39-45(68(4,5)6)38-46(40-50)69(7,8)9)64-62-52-29-18-20-31-54(52)70(65(62)76-66(64)71)53-30-19-17-28-51(53)61-55(70)32-23-33-57(61)73(47-24-13-10-14-25-47)48-26-15-11-16-27-48/h10-11,13-20,23-35,38-43H,12,21-22,36-37H2,1-9H3. The van der Waals surface area contributed by atoms with Crippen LogP contribution in [0.3, 0.4) is 0 Å². The fourth-order valence-corrected chi connectivity index (χ4v) is 16.3. The van der Waals surface area contributed by atoms with Gasteiger partial charge < -0.3 is 14.7 Å². The Labute approximate surface area is 459 Å². The molecule has 6 heteroatoms. The Balaban J connectivity index is 1.12. The lowest BCUT2D eigenvalue weighted by Crippen LogP contribution is -2.59. The zero-order valence-corrected chi connectivity index (χ0v) is 47.1. The molecule has 1 unspecified atom stereocenters. The lowest BCUT2D eigenvalue weighted by molar-refractivity contribution is 0.569. The molecule has 0 amide bonds. The van der Waals surface area contributed by atoms with E-state index in [9.17, 15) is 0 Å². The van der Waals surface area contributed by atoms with Gasteiger partial charge in [-0.25, -0.2) is 0 Å². The fourth-order valence-electron chi connectivity index (χ4n) is 13.5. The first kappa shape index (κ1) is 47.7. The zero-order chi connectivity index (χ0) is 52.0. The fraction of sp³-hybridized carbons (Fsp3) is 0.257. The van der Waals surface area contributed by atoms with Crippen molar-refractivity contribution in [2.45, 2.75) is 113 Å². The van der Waals surface area contributed by atoms with Crippen LogP contribution in [0.5, 0.6) is 0 Å². The van der Waals surface area contributed by atoms with Crippen molar-refractivity contribution < 1.29 is 0 Å². The van der Waals surface area contributed by atoms with E-state index in [0.717, 1.165) is 24.5 Å². The van der Waals surface area contributed by atoms with E-state index in [-0.39, 0.29) is 23.0 Å². The van der Waals surface area contributed by atoms with Crippen molar-refractivity contribution in [3.05, 3.63) is 214 Å². The predicted octanol–water partition coefficient (Wildman–Crippen LogP) is 17.2. The van der Waals surface area contributed by atoms with Gasteiger partial charge in [0.15, 0.2) is 0 Å². The summed E-state index contributed by atoms with van der Waals surface area (Å²) < 4.78 is 1.45. The van der Waals surface area contributed by atoms with Crippen molar-refractivity contribution in [1.82, 2.24) is 0 Å². The second-order valence-electron chi connectivity index (χ2n) is 25.1. The number of anilines is 7. The van der Waals surface area contributed by atoms with Crippen LogP contribution in [0, 0.1) is 0 Å². The van der Waals surface area contributed by atoms with Crippen LogP contribution in [-0.4, -0.2) is 19.8 Å². The van der Waals surface area contributed by atoms with Crippen molar-refractivity contribution in [2.24, 2.45) is 0 Å². The van der Waals surface area contributed by atoms with Gasteiger partial charge in [0.25, 0.3) is 6.71 Å². The highest BCUT2D eigenvalue weighted by atomic mass is 32.2. The van der Waals surface area contributed by atoms with Crippen LogP contribution >= 0.6 is 23.1 Å². The Morgan fingerprint density at radius 1 is 0.500 bits per heavy atom. The number of thiophene rings is 1. The van der Waals surface area contributed by atoms with Gasteiger partial charge in [-0.1, -0.05) is 195 Å². The van der Waals surface area contributed by atoms with E-state index >= 15 is 0 Å². The third kappa shape index (κ3) is 7.08. The summed E-state index contributed by atoms with van der Waals surface area (Å²) in [5, 5.41) is 0. The lowest BCUT2D eigenvalue weighted by Gasteiger charge is -2.41. The van der Waals surface area contributed by atoms with Gasteiger partial charge in [-0.15, -0.1) is 11.3 Å². The number of piperidine rings is 1. The Hall–Kier alpha value is -6.73. The smallest absolute Gasteiger partial charge is 0.262 e. The minimum Gasteiger partial charge on any atom is -0.371 e. The van der Waals surface area contributed by atoms with Crippen LogP contribution in [0.15, 0.2) is 186 Å². The van der Waals surface area contributed by atoms with Crippen LogP contribution in [0.25, 0.3) is 22.3 Å². The maximum Gasteiger partial charge on any atom is 0.262 e. The van der Waals surface area contributed by atoms with E-state index < -0.39 is 5.41 Å². The van der Waals surface area contributed by atoms with Gasteiger partial charge in [0.1, 0.15) is 0 Å². The summed E-state index contributed by atoms with van der Waals surface area (Å²) in [5.74, 6) is 0. The van der Waals surface area contributed by atoms with Crippen molar-refractivity contribution in [3.8, 4) is 22.3 Å². The molecule has 2 aliphatic carbocycles. The Bertz CT molecular complexity index is 3740. The van der Waals surface area contributed by atoms with Gasteiger partial charge in [0.05, 0.1) is 16.8 Å². The van der Waals surface area contributed by atoms with Crippen LogP contribution < -0.4 is 30.4 Å².